The van der Waals surface area contributed by atoms with E-state index in [2.05, 4.69) is 5.32 Å². The molecule has 1 N–H and O–H groups in total. The van der Waals surface area contributed by atoms with Crippen molar-refractivity contribution in [2.75, 3.05) is 13.2 Å². The van der Waals surface area contributed by atoms with E-state index in [0.29, 0.717) is 25.0 Å². The Labute approximate surface area is 286 Å². The fourth-order valence-electron chi connectivity index (χ4n) is 4.42. The summed E-state index contributed by atoms with van der Waals surface area (Å²) in [7, 11) is -3.87. The SMILES string of the molecule is Cc1ccc(S(=O)(=O)OCCOc2ccc(CCC[C@@H](C[C@H](NC(=O)OC(C)(C)C)C(=O)OC(C)(C)C)C(=O)OC(C)(C)C)cc2)cc1. The van der Waals surface area contributed by atoms with Crippen LogP contribution in [0.3, 0.4) is 0 Å². The summed E-state index contributed by atoms with van der Waals surface area (Å²) >= 11 is 0. The fourth-order valence-corrected chi connectivity index (χ4v) is 5.31. The van der Waals surface area contributed by atoms with Crippen LogP contribution >= 0.6 is 0 Å². The van der Waals surface area contributed by atoms with Crippen LogP contribution in [0.4, 0.5) is 4.79 Å². The second-order valence-electron chi connectivity index (χ2n) is 14.7. The third kappa shape index (κ3) is 16.0. The Morgan fingerprint density at radius 2 is 1.27 bits per heavy atom. The van der Waals surface area contributed by atoms with Gasteiger partial charge in [0.15, 0.2) is 0 Å². The molecule has 2 rings (SSSR count). The summed E-state index contributed by atoms with van der Waals surface area (Å²) < 4.78 is 52.1. The molecular formula is C36H53NO10S. The number of aryl methyl sites for hydroxylation is 2. The molecule has 0 saturated heterocycles. The van der Waals surface area contributed by atoms with E-state index < -0.39 is 56.9 Å². The van der Waals surface area contributed by atoms with Crippen molar-refractivity contribution >= 4 is 28.1 Å². The Morgan fingerprint density at radius 3 is 1.81 bits per heavy atom. The van der Waals surface area contributed by atoms with Gasteiger partial charge in [-0.15, -0.1) is 0 Å². The third-order valence-corrected chi connectivity index (χ3v) is 7.81. The van der Waals surface area contributed by atoms with E-state index in [4.69, 9.17) is 23.1 Å². The summed E-state index contributed by atoms with van der Waals surface area (Å²) in [5, 5.41) is 2.60. The van der Waals surface area contributed by atoms with E-state index in [-0.39, 0.29) is 24.5 Å². The molecule has 0 radical (unpaired) electrons. The highest BCUT2D eigenvalue weighted by molar-refractivity contribution is 7.86. The van der Waals surface area contributed by atoms with Crippen LogP contribution in [-0.2, 0) is 44.5 Å². The van der Waals surface area contributed by atoms with Gasteiger partial charge in [-0.3, -0.25) is 8.98 Å². The molecule has 2 atom stereocenters. The monoisotopic (exact) mass is 691 g/mol. The molecule has 48 heavy (non-hydrogen) atoms. The van der Waals surface area contributed by atoms with E-state index >= 15 is 0 Å². The van der Waals surface area contributed by atoms with Gasteiger partial charge in [0, 0.05) is 0 Å². The number of benzene rings is 2. The molecule has 0 bridgehead atoms. The highest BCUT2D eigenvalue weighted by atomic mass is 32.2. The van der Waals surface area contributed by atoms with Crippen LogP contribution in [-0.4, -0.2) is 62.5 Å². The van der Waals surface area contributed by atoms with Crippen LogP contribution in [0.2, 0.25) is 0 Å². The van der Waals surface area contributed by atoms with Crippen molar-refractivity contribution in [3.8, 4) is 5.75 Å². The Balaban J connectivity index is 2.02. The molecule has 2 aromatic carbocycles. The number of carbonyl (C=O) groups is 3. The first kappa shape index (κ1) is 40.5. The van der Waals surface area contributed by atoms with Crippen LogP contribution < -0.4 is 10.1 Å². The van der Waals surface area contributed by atoms with Gasteiger partial charge in [-0.2, -0.15) is 8.42 Å². The minimum atomic E-state index is -3.87. The number of esters is 2. The van der Waals surface area contributed by atoms with Crippen molar-refractivity contribution in [1.29, 1.82) is 0 Å². The highest BCUT2D eigenvalue weighted by Crippen LogP contribution is 2.24. The molecular weight excluding hydrogens is 638 g/mol. The molecule has 0 saturated carbocycles. The van der Waals surface area contributed by atoms with Crippen LogP contribution in [0.25, 0.3) is 0 Å². The van der Waals surface area contributed by atoms with E-state index in [1.54, 1.807) is 86.6 Å². The van der Waals surface area contributed by atoms with Crippen molar-refractivity contribution in [3.63, 3.8) is 0 Å². The largest absolute Gasteiger partial charge is 0.491 e. The Bertz CT molecular complexity index is 1450. The predicted octanol–water partition coefficient (Wildman–Crippen LogP) is 6.69. The number of hydrogen-bond acceptors (Lipinski definition) is 10. The van der Waals surface area contributed by atoms with Crippen LogP contribution in [0.5, 0.6) is 5.75 Å². The zero-order chi connectivity index (χ0) is 36.3. The van der Waals surface area contributed by atoms with Crippen molar-refractivity contribution in [2.45, 2.75) is 123 Å². The lowest BCUT2D eigenvalue weighted by atomic mass is 9.92. The third-order valence-electron chi connectivity index (χ3n) is 6.48. The number of carbonyl (C=O) groups excluding carboxylic acids is 3. The number of rotatable bonds is 15. The number of nitrogens with one attached hydrogen (secondary N) is 1. The summed E-state index contributed by atoms with van der Waals surface area (Å²) in [6, 6.07) is 12.6. The quantitative estimate of drug-likeness (QED) is 0.0929. The summed E-state index contributed by atoms with van der Waals surface area (Å²) in [4.78, 5) is 39.2. The summed E-state index contributed by atoms with van der Waals surface area (Å²) in [5.74, 6) is -1.31. The van der Waals surface area contributed by atoms with Crippen molar-refractivity contribution in [2.24, 2.45) is 5.92 Å². The second kappa shape index (κ2) is 17.1. The average molecular weight is 692 g/mol. The first-order valence-corrected chi connectivity index (χ1v) is 17.6. The smallest absolute Gasteiger partial charge is 0.408 e. The van der Waals surface area contributed by atoms with Crippen molar-refractivity contribution in [1.82, 2.24) is 5.32 Å². The zero-order valence-electron chi connectivity index (χ0n) is 30.0. The van der Waals surface area contributed by atoms with Gasteiger partial charge in [-0.05, 0) is 125 Å². The lowest BCUT2D eigenvalue weighted by Crippen LogP contribution is -2.47. The van der Waals surface area contributed by atoms with Crippen LogP contribution in [0.1, 0.15) is 92.7 Å². The summed E-state index contributed by atoms with van der Waals surface area (Å²) in [6.45, 7) is 17.4. The standard InChI is InChI=1S/C36H53NO10S/c1-25-14-20-29(21-15-25)48(41,42)44-23-22-43-28-18-16-26(17-19-28)12-11-13-27(31(38)45-34(2,3)4)24-30(32(39)46-35(5,6)7)37-33(40)47-36(8,9)10/h14-21,27,30H,11-13,22-24H2,1-10H3,(H,37,40)/t27-,30-/m0/s1. The van der Waals surface area contributed by atoms with Gasteiger partial charge in [0.2, 0.25) is 0 Å². The lowest BCUT2D eigenvalue weighted by Gasteiger charge is -2.29. The summed E-state index contributed by atoms with van der Waals surface area (Å²) in [6.07, 6.45) is 0.770. The Hall–Kier alpha value is -3.64. The fraction of sp³-hybridized carbons (Fsp3) is 0.583. The van der Waals surface area contributed by atoms with Gasteiger partial charge in [0.25, 0.3) is 10.1 Å². The van der Waals surface area contributed by atoms with Gasteiger partial charge >= 0.3 is 18.0 Å². The van der Waals surface area contributed by atoms with E-state index in [1.807, 2.05) is 19.1 Å². The Kier molecular flexibility index (Phi) is 14.5. The van der Waals surface area contributed by atoms with Gasteiger partial charge < -0.3 is 24.3 Å². The molecule has 2 aromatic rings. The lowest BCUT2D eigenvalue weighted by molar-refractivity contribution is -0.163. The average Bonchev–Trinajstić information content (AvgIpc) is 2.92. The second-order valence-corrected chi connectivity index (χ2v) is 16.3. The molecule has 268 valence electrons. The molecule has 0 aliphatic carbocycles. The highest BCUT2D eigenvalue weighted by Gasteiger charge is 2.34. The van der Waals surface area contributed by atoms with Crippen molar-refractivity contribution in [3.05, 3.63) is 59.7 Å². The minimum Gasteiger partial charge on any atom is -0.491 e. The first-order chi connectivity index (χ1) is 22.0. The maximum atomic E-state index is 13.3. The number of ether oxygens (including phenoxy) is 4. The number of alkyl carbamates (subject to hydrolysis) is 1. The molecule has 0 aliphatic heterocycles. The molecule has 1 amide bonds. The van der Waals surface area contributed by atoms with Gasteiger partial charge in [0.05, 0.1) is 10.8 Å². The number of amides is 1. The van der Waals surface area contributed by atoms with E-state index in [1.165, 1.54) is 12.1 Å². The van der Waals surface area contributed by atoms with Crippen LogP contribution in [0.15, 0.2) is 53.4 Å². The maximum absolute atomic E-state index is 13.3. The molecule has 11 nitrogen and oxygen atoms in total. The van der Waals surface area contributed by atoms with Gasteiger partial charge in [-0.1, -0.05) is 29.8 Å². The van der Waals surface area contributed by atoms with Crippen LogP contribution in [0, 0.1) is 12.8 Å². The van der Waals surface area contributed by atoms with Crippen molar-refractivity contribution < 1.29 is 45.9 Å². The normalized spacial score (nSPS) is 13.6. The van der Waals surface area contributed by atoms with Gasteiger partial charge in [0.1, 0.15) is 41.8 Å². The molecule has 0 unspecified atom stereocenters. The minimum absolute atomic E-state index is 0.0302. The first-order valence-electron chi connectivity index (χ1n) is 16.2. The van der Waals surface area contributed by atoms with E-state index in [0.717, 1.165) is 11.1 Å². The zero-order valence-corrected chi connectivity index (χ0v) is 30.8. The molecule has 0 aromatic heterocycles. The van der Waals surface area contributed by atoms with E-state index in [9.17, 15) is 22.8 Å². The maximum Gasteiger partial charge on any atom is 0.408 e. The Morgan fingerprint density at radius 1 is 0.729 bits per heavy atom. The molecule has 0 heterocycles. The molecule has 0 aliphatic rings. The molecule has 12 heteroatoms. The predicted molar refractivity (Wildman–Crippen MR) is 182 cm³/mol. The summed E-state index contributed by atoms with van der Waals surface area (Å²) in [5.41, 5.74) is -0.415. The topological polar surface area (TPSA) is 144 Å². The number of hydrogen-bond donors (Lipinski definition) is 1. The molecule has 0 spiro atoms. The molecule has 0 fully saturated rings. The van der Waals surface area contributed by atoms with Gasteiger partial charge in [-0.25, -0.2) is 9.59 Å².